The second-order valence-corrected chi connectivity index (χ2v) is 7.02. The van der Waals surface area contributed by atoms with Crippen LogP contribution in [0.2, 0.25) is 0 Å². The summed E-state index contributed by atoms with van der Waals surface area (Å²) in [5, 5.41) is 3.46. The van der Waals surface area contributed by atoms with Crippen molar-refractivity contribution in [3.8, 4) is 0 Å². The molecule has 0 aliphatic heterocycles. The average molecular weight is 285 g/mol. The third-order valence-electron chi connectivity index (χ3n) is 4.16. The van der Waals surface area contributed by atoms with Gasteiger partial charge in [-0.3, -0.25) is 0 Å². The van der Waals surface area contributed by atoms with Gasteiger partial charge in [-0.2, -0.15) is 13.2 Å². The first-order valence-electron chi connectivity index (χ1n) is 6.95. The Morgan fingerprint density at radius 2 is 1.70 bits per heavy atom. The first-order valence-corrected chi connectivity index (χ1v) is 6.95. The fourth-order valence-corrected chi connectivity index (χ4v) is 2.57. The van der Waals surface area contributed by atoms with Gasteiger partial charge in [0.1, 0.15) is 0 Å². The summed E-state index contributed by atoms with van der Waals surface area (Å²) in [7, 11) is 0. The number of benzene rings is 1. The van der Waals surface area contributed by atoms with Gasteiger partial charge in [-0.25, -0.2) is 0 Å². The Morgan fingerprint density at radius 1 is 1.15 bits per heavy atom. The largest absolute Gasteiger partial charge is 0.416 e. The Kier molecular flexibility index (Phi) is 3.66. The van der Waals surface area contributed by atoms with Crippen molar-refractivity contribution in [3.63, 3.8) is 0 Å². The maximum Gasteiger partial charge on any atom is 0.416 e. The second kappa shape index (κ2) is 4.76. The van der Waals surface area contributed by atoms with Crippen LogP contribution in [0.1, 0.15) is 45.2 Å². The molecule has 1 aliphatic rings. The van der Waals surface area contributed by atoms with Crippen molar-refractivity contribution in [2.75, 3.05) is 6.54 Å². The molecule has 1 fully saturated rings. The van der Waals surface area contributed by atoms with Crippen molar-refractivity contribution in [2.45, 2.75) is 51.2 Å². The predicted octanol–water partition coefficient (Wildman–Crippen LogP) is 4.37. The predicted molar refractivity (Wildman–Crippen MR) is 74.7 cm³/mol. The summed E-state index contributed by atoms with van der Waals surface area (Å²) >= 11 is 0. The molecule has 1 saturated carbocycles. The van der Waals surface area contributed by atoms with Crippen LogP contribution < -0.4 is 5.32 Å². The molecule has 4 heteroatoms. The minimum absolute atomic E-state index is 0.0162. The van der Waals surface area contributed by atoms with Crippen molar-refractivity contribution in [3.05, 3.63) is 35.4 Å². The molecule has 0 aromatic heterocycles. The first kappa shape index (κ1) is 15.4. The lowest BCUT2D eigenvalue weighted by Gasteiger charge is -2.22. The van der Waals surface area contributed by atoms with Crippen LogP contribution in [0.25, 0.3) is 0 Å². The normalized spacial score (nSPS) is 26.6. The molecule has 1 aliphatic carbocycles. The minimum atomic E-state index is -4.25. The lowest BCUT2D eigenvalue weighted by molar-refractivity contribution is -0.137. The molecular weight excluding hydrogens is 263 g/mol. The molecule has 20 heavy (non-hydrogen) atoms. The zero-order chi connectivity index (χ0) is 15.2. The van der Waals surface area contributed by atoms with Gasteiger partial charge < -0.3 is 5.32 Å². The minimum Gasteiger partial charge on any atom is -0.312 e. The highest BCUT2D eigenvalue weighted by Crippen LogP contribution is 2.53. The fourth-order valence-electron chi connectivity index (χ4n) is 2.57. The summed E-state index contributed by atoms with van der Waals surface area (Å²) < 4.78 is 37.7. The molecule has 1 N–H and O–H groups in total. The van der Waals surface area contributed by atoms with E-state index in [1.807, 2.05) is 0 Å². The van der Waals surface area contributed by atoms with Gasteiger partial charge in [0.2, 0.25) is 0 Å². The van der Waals surface area contributed by atoms with E-state index >= 15 is 0 Å². The van der Waals surface area contributed by atoms with Crippen LogP contribution in [0.3, 0.4) is 0 Å². The van der Waals surface area contributed by atoms with Crippen LogP contribution in [0.5, 0.6) is 0 Å². The molecule has 2 atom stereocenters. The van der Waals surface area contributed by atoms with Gasteiger partial charge in [0.05, 0.1) is 5.56 Å². The van der Waals surface area contributed by atoms with Crippen molar-refractivity contribution in [1.82, 2.24) is 5.32 Å². The summed E-state index contributed by atoms with van der Waals surface area (Å²) in [4.78, 5) is 0. The highest BCUT2D eigenvalue weighted by atomic mass is 19.4. The summed E-state index contributed by atoms with van der Waals surface area (Å²) in [5.41, 5.74) is 0.521. The Labute approximate surface area is 118 Å². The molecule has 1 aromatic rings. The average Bonchev–Trinajstić information content (AvgIpc) is 2.98. The van der Waals surface area contributed by atoms with Crippen LogP contribution in [-0.4, -0.2) is 12.1 Å². The maximum absolute atomic E-state index is 12.6. The van der Waals surface area contributed by atoms with Gasteiger partial charge >= 0.3 is 6.18 Å². The smallest absolute Gasteiger partial charge is 0.312 e. The second-order valence-electron chi connectivity index (χ2n) is 7.02. The van der Waals surface area contributed by atoms with Crippen LogP contribution in [0.15, 0.2) is 24.3 Å². The number of hydrogen-bond acceptors (Lipinski definition) is 1. The maximum atomic E-state index is 12.6. The van der Waals surface area contributed by atoms with Gasteiger partial charge in [0, 0.05) is 5.54 Å². The fraction of sp³-hybridized carbons (Fsp3) is 0.625. The number of nitrogens with one attached hydrogen (secondary N) is 1. The molecular formula is C16H22F3N. The van der Waals surface area contributed by atoms with Gasteiger partial charge in [0.15, 0.2) is 0 Å². The molecule has 112 valence electrons. The standard InChI is InChI=1S/C16H22F3N/c1-14(2,3)20-10-13-9-15(13,4)11-5-7-12(8-6-11)16(17,18)19/h5-8,13,20H,9-10H2,1-4H3. The molecule has 2 rings (SSSR count). The topological polar surface area (TPSA) is 12.0 Å². The third-order valence-corrected chi connectivity index (χ3v) is 4.16. The molecule has 0 spiro atoms. The number of hydrogen-bond donors (Lipinski definition) is 1. The van der Waals surface area contributed by atoms with E-state index in [1.165, 1.54) is 12.1 Å². The molecule has 1 aromatic carbocycles. The van der Waals surface area contributed by atoms with Gasteiger partial charge in [0.25, 0.3) is 0 Å². The van der Waals surface area contributed by atoms with E-state index in [1.54, 1.807) is 12.1 Å². The molecule has 0 saturated heterocycles. The molecule has 0 heterocycles. The highest BCUT2D eigenvalue weighted by molar-refractivity contribution is 5.35. The van der Waals surface area contributed by atoms with E-state index in [0.717, 1.165) is 18.5 Å². The van der Waals surface area contributed by atoms with Crippen molar-refractivity contribution < 1.29 is 13.2 Å². The Morgan fingerprint density at radius 3 is 2.15 bits per heavy atom. The van der Waals surface area contributed by atoms with Gasteiger partial charge in [-0.15, -0.1) is 0 Å². The Hall–Kier alpha value is -1.03. The summed E-state index contributed by atoms with van der Waals surface area (Å²) in [5.74, 6) is 0.499. The zero-order valence-corrected chi connectivity index (χ0v) is 12.4. The van der Waals surface area contributed by atoms with E-state index in [2.05, 4.69) is 33.0 Å². The quantitative estimate of drug-likeness (QED) is 0.869. The van der Waals surface area contributed by atoms with E-state index in [9.17, 15) is 13.2 Å². The van der Waals surface area contributed by atoms with Crippen LogP contribution in [-0.2, 0) is 11.6 Å². The van der Waals surface area contributed by atoms with E-state index in [-0.39, 0.29) is 11.0 Å². The Balaban J connectivity index is 2.03. The van der Waals surface area contributed by atoms with Crippen LogP contribution in [0.4, 0.5) is 13.2 Å². The molecule has 0 bridgehead atoms. The summed E-state index contributed by atoms with van der Waals surface area (Å²) in [6.07, 6.45) is -3.22. The Bertz CT molecular complexity index is 470. The van der Waals surface area contributed by atoms with E-state index < -0.39 is 11.7 Å². The molecule has 0 amide bonds. The van der Waals surface area contributed by atoms with E-state index in [4.69, 9.17) is 0 Å². The third kappa shape index (κ3) is 3.35. The lowest BCUT2D eigenvalue weighted by atomic mass is 9.94. The monoisotopic (exact) mass is 285 g/mol. The zero-order valence-electron chi connectivity index (χ0n) is 12.4. The highest BCUT2D eigenvalue weighted by Gasteiger charge is 2.51. The molecule has 1 nitrogen and oxygen atoms in total. The molecule has 0 radical (unpaired) electrons. The van der Waals surface area contributed by atoms with Gasteiger partial charge in [-0.1, -0.05) is 19.1 Å². The van der Waals surface area contributed by atoms with Crippen LogP contribution >= 0.6 is 0 Å². The summed E-state index contributed by atoms with van der Waals surface area (Å²) in [6.45, 7) is 9.38. The number of halogens is 3. The summed E-state index contributed by atoms with van der Waals surface area (Å²) in [6, 6.07) is 5.63. The number of alkyl halides is 3. The van der Waals surface area contributed by atoms with Crippen molar-refractivity contribution in [1.29, 1.82) is 0 Å². The number of rotatable bonds is 3. The first-order chi connectivity index (χ1) is 9.02. The lowest BCUT2D eigenvalue weighted by Crippen LogP contribution is -2.37. The van der Waals surface area contributed by atoms with Crippen molar-refractivity contribution in [2.24, 2.45) is 5.92 Å². The molecule has 2 unspecified atom stereocenters. The van der Waals surface area contributed by atoms with Crippen LogP contribution in [0, 0.1) is 5.92 Å². The van der Waals surface area contributed by atoms with Gasteiger partial charge in [-0.05, 0) is 62.8 Å². The van der Waals surface area contributed by atoms with E-state index in [0.29, 0.717) is 5.92 Å². The SMILES string of the molecule is CC(C)(C)NCC1CC1(C)c1ccc(C(F)(F)F)cc1. The van der Waals surface area contributed by atoms with Crippen molar-refractivity contribution >= 4 is 0 Å².